The quantitative estimate of drug-likeness (QED) is 0.330. The van der Waals surface area contributed by atoms with Crippen LogP contribution in [0.2, 0.25) is 0 Å². The molecule has 0 saturated carbocycles. The van der Waals surface area contributed by atoms with Crippen molar-refractivity contribution in [3.63, 3.8) is 0 Å². The zero-order valence-corrected chi connectivity index (χ0v) is 19.6. The van der Waals surface area contributed by atoms with E-state index in [4.69, 9.17) is 4.74 Å². The predicted molar refractivity (Wildman–Crippen MR) is 130 cm³/mol. The van der Waals surface area contributed by atoms with E-state index in [-0.39, 0.29) is 5.75 Å². The van der Waals surface area contributed by atoms with Crippen LogP contribution in [-0.4, -0.2) is 33.9 Å². The van der Waals surface area contributed by atoms with Crippen molar-refractivity contribution in [2.45, 2.75) is 58.4 Å². The van der Waals surface area contributed by atoms with Crippen molar-refractivity contribution in [1.82, 2.24) is 5.32 Å². The maximum atomic E-state index is 11.9. The number of rotatable bonds is 17. The molecule has 5 nitrogen and oxygen atoms in total. The highest BCUT2D eigenvalue weighted by Gasteiger charge is 2.09. The van der Waals surface area contributed by atoms with Gasteiger partial charge in [-0.25, -0.2) is 8.42 Å². The molecule has 0 amide bonds. The number of anilines is 1. The zero-order valence-electron chi connectivity index (χ0n) is 18.8. The van der Waals surface area contributed by atoms with E-state index in [0.717, 1.165) is 44.5 Å². The standard InChI is InChI=1S/C25H38N2O3S/c1-2-3-21-31(28,29)27-25-15-13-23(14-16-25)17-20-30-19-10-5-4-9-18-26-22-24-11-7-6-8-12-24/h6-8,11-16,26-27H,2-5,9-10,17-22H2,1H3. The molecule has 0 aliphatic heterocycles. The van der Waals surface area contributed by atoms with E-state index in [2.05, 4.69) is 34.3 Å². The molecule has 0 unspecified atom stereocenters. The van der Waals surface area contributed by atoms with Crippen molar-refractivity contribution >= 4 is 15.7 Å². The molecule has 172 valence electrons. The van der Waals surface area contributed by atoms with E-state index in [1.807, 2.05) is 37.3 Å². The number of hydrogen-bond donors (Lipinski definition) is 2. The second kappa shape index (κ2) is 15.0. The molecule has 0 aromatic heterocycles. The van der Waals surface area contributed by atoms with E-state index < -0.39 is 10.0 Å². The van der Waals surface area contributed by atoms with Gasteiger partial charge in [0.2, 0.25) is 10.0 Å². The minimum Gasteiger partial charge on any atom is -0.381 e. The first-order valence-electron chi connectivity index (χ1n) is 11.5. The second-order valence-electron chi connectivity index (χ2n) is 7.91. The van der Waals surface area contributed by atoms with Crippen molar-refractivity contribution in [2.24, 2.45) is 0 Å². The molecule has 0 aliphatic rings. The Morgan fingerprint density at radius 3 is 2.29 bits per heavy atom. The fourth-order valence-corrected chi connectivity index (χ4v) is 4.50. The molecule has 0 aliphatic carbocycles. The third kappa shape index (κ3) is 11.9. The highest BCUT2D eigenvalue weighted by atomic mass is 32.2. The summed E-state index contributed by atoms with van der Waals surface area (Å²) in [6.07, 6.45) is 7.09. The summed E-state index contributed by atoms with van der Waals surface area (Å²) < 4.78 is 32.3. The number of ether oxygens (including phenoxy) is 1. The van der Waals surface area contributed by atoms with Gasteiger partial charge in [-0.15, -0.1) is 0 Å². The monoisotopic (exact) mass is 446 g/mol. The molecular formula is C25H38N2O3S. The lowest BCUT2D eigenvalue weighted by Crippen LogP contribution is -2.16. The number of nitrogens with one attached hydrogen (secondary N) is 2. The van der Waals surface area contributed by atoms with Gasteiger partial charge in [0.1, 0.15) is 0 Å². The molecule has 0 atom stereocenters. The first kappa shape index (κ1) is 25.4. The molecule has 2 aromatic rings. The Morgan fingerprint density at radius 2 is 1.55 bits per heavy atom. The minimum absolute atomic E-state index is 0.170. The maximum absolute atomic E-state index is 11.9. The normalized spacial score (nSPS) is 11.5. The van der Waals surface area contributed by atoms with Crippen LogP contribution in [0.5, 0.6) is 0 Å². The van der Waals surface area contributed by atoms with Gasteiger partial charge in [0.25, 0.3) is 0 Å². The van der Waals surface area contributed by atoms with Crippen LogP contribution < -0.4 is 10.0 Å². The van der Waals surface area contributed by atoms with Gasteiger partial charge in [-0.05, 0) is 55.5 Å². The van der Waals surface area contributed by atoms with Gasteiger partial charge < -0.3 is 10.1 Å². The van der Waals surface area contributed by atoms with Crippen LogP contribution in [0.1, 0.15) is 56.6 Å². The molecular weight excluding hydrogens is 408 g/mol. The highest BCUT2D eigenvalue weighted by molar-refractivity contribution is 7.92. The van der Waals surface area contributed by atoms with Crippen molar-refractivity contribution in [3.05, 3.63) is 65.7 Å². The second-order valence-corrected chi connectivity index (χ2v) is 9.75. The number of sulfonamides is 1. The third-order valence-corrected chi connectivity index (χ3v) is 6.47. The van der Waals surface area contributed by atoms with Gasteiger partial charge in [-0.1, -0.05) is 68.7 Å². The van der Waals surface area contributed by atoms with Crippen LogP contribution >= 0.6 is 0 Å². The topological polar surface area (TPSA) is 67.4 Å². The molecule has 0 fully saturated rings. The fourth-order valence-electron chi connectivity index (χ4n) is 3.23. The van der Waals surface area contributed by atoms with Gasteiger partial charge in [0.15, 0.2) is 0 Å². The first-order chi connectivity index (χ1) is 15.1. The van der Waals surface area contributed by atoms with Gasteiger partial charge in [0.05, 0.1) is 12.4 Å². The molecule has 0 radical (unpaired) electrons. The van der Waals surface area contributed by atoms with Crippen LogP contribution in [0, 0.1) is 0 Å². The average Bonchev–Trinajstić information content (AvgIpc) is 2.77. The summed E-state index contributed by atoms with van der Waals surface area (Å²) in [5.74, 6) is 0.170. The third-order valence-electron chi connectivity index (χ3n) is 5.09. The van der Waals surface area contributed by atoms with E-state index in [0.29, 0.717) is 18.7 Å². The summed E-state index contributed by atoms with van der Waals surface area (Å²) in [5.41, 5.74) is 3.11. The van der Waals surface area contributed by atoms with E-state index >= 15 is 0 Å². The highest BCUT2D eigenvalue weighted by Crippen LogP contribution is 2.13. The van der Waals surface area contributed by atoms with Crippen molar-refractivity contribution in [2.75, 3.05) is 30.2 Å². The lowest BCUT2D eigenvalue weighted by Gasteiger charge is -2.09. The minimum atomic E-state index is -3.24. The lowest BCUT2D eigenvalue weighted by molar-refractivity contribution is 0.133. The molecule has 2 N–H and O–H groups in total. The fraction of sp³-hybridized carbons (Fsp3) is 0.520. The first-order valence-corrected chi connectivity index (χ1v) is 13.2. The Bertz CT molecular complexity index is 808. The van der Waals surface area contributed by atoms with Gasteiger partial charge in [0, 0.05) is 18.8 Å². The molecule has 2 rings (SSSR count). The Balaban J connectivity index is 1.45. The Labute approximate surface area is 188 Å². The van der Waals surface area contributed by atoms with Crippen LogP contribution in [-0.2, 0) is 27.7 Å². The SMILES string of the molecule is CCCCS(=O)(=O)Nc1ccc(CCOCCCCCCNCc2ccccc2)cc1. The number of hydrogen-bond acceptors (Lipinski definition) is 4. The van der Waals surface area contributed by atoms with Crippen LogP contribution in [0.25, 0.3) is 0 Å². The lowest BCUT2D eigenvalue weighted by atomic mass is 10.1. The summed E-state index contributed by atoms with van der Waals surface area (Å²) in [6, 6.07) is 18.1. The summed E-state index contributed by atoms with van der Waals surface area (Å²) in [6.45, 7) is 5.47. The largest absolute Gasteiger partial charge is 0.381 e. The molecule has 0 bridgehead atoms. The predicted octanol–water partition coefficient (Wildman–Crippen LogP) is 5.14. The van der Waals surface area contributed by atoms with Crippen molar-refractivity contribution in [1.29, 1.82) is 0 Å². The molecule has 0 heterocycles. The molecule has 0 saturated heterocycles. The van der Waals surface area contributed by atoms with Gasteiger partial charge in [-0.2, -0.15) is 0 Å². The summed E-state index contributed by atoms with van der Waals surface area (Å²) >= 11 is 0. The molecule has 6 heteroatoms. The van der Waals surface area contributed by atoms with Crippen molar-refractivity contribution < 1.29 is 13.2 Å². The van der Waals surface area contributed by atoms with Crippen LogP contribution in [0.3, 0.4) is 0 Å². The van der Waals surface area contributed by atoms with Crippen LogP contribution in [0.15, 0.2) is 54.6 Å². The molecule has 0 spiro atoms. The Kier molecular flexibility index (Phi) is 12.3. The summed E-state index contributed by atoms with van der Waals surface area (Å²) in [7, 11) is -3.24. The van der Waals surface area contributed by atoms with Gasteiger partial charge >= 0.3 is 0 Å². The maximum Gasteiger partial charge on any atom is 0.232 e. The van der Waals surface area contributed by atoms with E-state index in [1.54, 1.807) is 0 Å². The van der Waals surface area contributed by atoms with E-state index in [9.17, 15) is 8.42 Å². The molecule has 31 heavy (non-hydrogen) atoms. The Hall–Kier alpha value is -1.89. The number of benzene rings is 2. The Morgan fingerprint density at radius 1 is 0.806 bits per heavy atom. The van der Waals surface area contributed by atoms with Gasteiger partial charge in [-0.3, -0.25) is 4.72 Å². The van der Waals surface area contributed by atoms with Crippen molar-refractivity contribution in [3.8, 4) is 0 Å². The smallest absolute Gasteiger partial charge is 0.232 e. The summed E-state index contributed by atoms with van der Waals surface area (Å²) in [5, 5.41) is 3.49. The zero-order chi connectivity index (χ0) is 22.2. The number of unbranched alkanes of at least 4 members (excludes halogenated alkanes) is 4. The van der Waals surface area contributed by atoms with Crippen LogP contribution in [0.4, 0.5) is 5.69 Å². The molecule has 2 aromatic carbocycles. The average molecular weight is 447 g/mol. The van der Waals surface area contributed by atoms with E-state index in [1.165, 1.54) is 24.8 Å². The summed E-state index contributed by atoms with van der Waals surface area (Å²) in [4.78, 5) is 0.